The first-order chi connectivity index (χ1) is 4.74. The van der Waals surface area contributed by atoms with E-state index in [1.165, 1.54) is 6.07 Å². The molecular weight excluding hydrogens is 130 g/mol. The first-order valence-corrected chi connectivity index (χ1v) is 2.79. The molecule has 0 aliphatic carbocycles. The predicted molar refractivity (Wildman–Crippen MR) is 40.3 cm³/mol. The molecule has 0 heterocycles. The lowest BCUT2D eigenvalue weighted by atomic mass is 10.3. The van der Waals surface area contributed by atoms with Gasteiger partial charge in [0.2, 0.25) is 0 Å². The normalized spacial score (nSPS) is 9.30. The number of hydrazine groups is 1. The van der Waals surface area contributed by atoms with Gasteiger partial charge in [-0.05, 0) is 12.1 Å². The minimum Gasteiger partial charge on any atom is -0.506 e. The van der Waals surface area contributed by atoms with Crippen LogP contribution in [0.3, 0.4) is 0 Å². The Hall–Kier alpha value is -1.42. The molecule has 0 amide bonds. The lowest BCUT2D eigenvalue weighted by Crippen LogP contribution is -2.06. The summed E-state index contributed by atoms with van der Waals surface area (Å²) < 4.78 is 0. The van der Waals surface area contributed by atoms with Gasteiger partial charge in [0.05, 0.1) is 11.4 Å². The van der Waals surface area contributed by atoms with Crippen molar-refractivity contribution in [2.24, 2.45) is 5.84 Å². The van der Waals surface area contributed by atoms with Crippen molar-refractivity contribution in [1.82, 2.24) is 0 Å². The van der Waals surface area contributed by atoms with Crippen LogP contribution in [0.15, 0.2) is 18.2 Å². The van der Waals surface area contributed by atoms with Gasteiger partial charge in [0.15, 0.2) is 0 Å². The zero-order valence-corrected chi connectivity index (χ0v) is 5.33. The number of benzene rings is 1. The van der Waals surface area contributed by atoms with Crippen molar-refractivity contribution in [3.8, 4) is 5.75 Å². The fraction of sp³-hybridized carbons (Fsp3) is 0. The Morgan fingerprint density at radius 1 is 1.40 bits per heavy atom. The molecule has 0 fully saturated rings. The molecule has 0 saturated carbocycles. The smallest absolute Gasteiger partial charge is 0.140 e. The third-order valence-electron chi connectivity index (χ3n) is 1.20. The Morgan fingerprint density at radius 3 is 2.60 bits per heavy atom. The van der Waals surface area contributed by atoms with Crippen molar-refractivity contribution in [2.45, 2.75) is 0 Å². The number of anilines is 2. The monoisotopic (exact) mass is 139 g/mol. The summed E-state index contributed by atoms with van der Waals surface area (Å²) in [6.07, 6.45) is 0. The molecule has 0 radical (unpaired) electrons. The maximum absolute atomic E-state index is 9.01. The van der Waals surface area contributed by atoms with E-state index in [2.05, 4.69) is 5.43 Å². The van der Waals surface area contributed by atoms with Crippen LogP contribution in [-0.2, 0) is 0 Å². The van der Waals surface area contributed by atoms with E-state index in [9.17, 15) is 0 Å². The number of aromatic hydroxyl groups is 1. The molecule has 4 nitrogen and oxygen atoms in total. The van der Waals surface area contributed by atoms with E-state index >= 15 is 0 Å². The highest BCUT2D eigenvalue weighted by Crippen LogP contribution is 2.22. The minimum absolute atomic E-state index is 0.0375. The molecule has 0 bridgehead atoms. The van der Waals surface area contributed by atoms with Gasteiger partial charge in [-0.25, -0.2) is 0 Å². The number of phenolic OH excluding ortho intramolecular Hbond substituents is 1. The van der Waals surface area contributed by atoms with Gasteiger partial charge in [-0.3, -0.25) is 5.84 Å². The lowest BCUT2D eigenvalue weighted by Gasteiger charge is -2.01. The van der Waals surface area contributed by atoms with E-state index in [4.69, 9.17) is 16.7 Å². The Morgan fingerprint density at radius 2 is 2.10 bits per heavy atom. The molecular formula is C6H9N3O. The maximum Gasteiger partial charge on any atom is 0.140 e. The van der Waals surface area contributed by atoms with Crippen molar-refractivity contribution in [2.75, 3.05) is 11.2 Å². The van der Waals surface area contributed by atoms with Crippen LogP contribution in [0.25, 0.3) is 0 Å². The fourth-order valence-electron chi connectivity index (χ4n) is 0.633. The third-order valence-corrected chi connectivity index (χ3v) is 1.20. The summed E-state index contributed by atoms with van der Waals surface area (Å²) in [5.41, 5.74) is 8.68. The van der Waals surface area contributed by atoms with E-state index in [1.54, 1.807) is 12.1 Å². The van der Waals surface area contributed by atoms with E-state index in [0.29, 0.717) is 11.4 Å². The first-order valence-electron chi connectivity index (χ1n) is 2.79. The van der Waals surface area contributed by atoms with Crippen LogP contribution in [0.1, 0.15) is 0 Å². The maximum atomic E-state index is 9.01. The van der Waals surface area contributed by atoms with Gasteiger partial charge in [0.1, 0.15) is 5.75 Å². The summed E-state index contributed by atoms with van der Waals surface area (Å²) in [5, 5.41) is 9.01. The Bertz CT molecular complexity index is 236. The summed E-state index contributed by atoms with van der Waals surface area (Å²) in [7, 11) is 0. The van der Waals surface area contributed by atoms with Crippen LogP contribution < -0.4 is 17.0 Å². The molecule has 0 spiro atoms. The molecule has 54 valence electrons. The summed E-state index contributed by atoms with van der Waals surface area (Å²) in [5.74, 6) is 5.10. The van der Waals surface area contributed by atoms with Crippen LogP contribution in [0.4, 0.5) is 11.4 Å². The molecule has 4 heteroatoms. The zero-order chi connectivity index (χ0) is 7.56. The molecule has 0 aromatic heterocycles. The van der Waals surface area contributed by atoms with Crippen molar-refractivity contribution in [1.29, 1.82) is 0 Å². The van der Waals surface area contributed by atoms with Gasteiger partial charge in [-0.15, -0.1) is 0 Å². The molecule has 1 rings (SSSR count). The topological polar surface area (TPSA) is 84.3 Å². The molecule has 0 unspecified atom stereocenters. The molecule has 0 aliphatic rings. The van der Waals surface area contributed by atoms with Crippen LogP contribution >= 0.6 is 0 Å². The van der Waals surface area contributed by atoms with E-state index < -0.39 is 0 Å². The quantitative estimate of drug-likeness (QED) is 0.194. The summed E-state index contributed by atoms with van der Waals surface area (Å²) >= 11 is 0. The molecule has 1 aromatic rings. The molecule has 10 heavy (non-hydrogen) atoms. The van der Waals surface area contributed by atoms with E-state index in [1.807, 2.05) is 0 Å². The molecule has 0 aliphatic heterocycles. The Balaban J connectivity index is 3.04. The van der Waals surface area contributed by atoms with Gasteiger partial charge < -0.3 is 16.3 Å². The molecule has 0 saturated heterocycles. The number of phenols is 1. The summed E-state index contributed by atoms with van der Waals surface area (Å²) in [6, 6.07) is 4.70. The van der Waals surface area contributed by atoms with Gasteiger partial charge in [-0.1, -0.05) is 0 Å². The molecule has 6 N–H and O–H groups in total. The van der Waals surface area contributed by atoms with Crippen molar-refractivity contribution in [3.05, 3.63) is 18.2 Å². The fourth-order valence-corrected chi connectivity index (χ4v) is 0.633. The van der Waals surface area contributed by atoms with Crippen LogP contribution in [-0.4, -0.2) is 5.11 Å². The van der Waals surface area contributed by atoms with Crippen molar-refractivity contribution < 1.29 is 5.11 Å². The standard InChI is InChI=1S/C6H9N3O/c7-5-2-1-4(9-8)3-6(5)10/h1-3,9-10H,7-8H2. The molecule has 0 atom stereocenters. The highest BCUT2D eigenvalue weighted by molar-refractivity contribution is 5.60. The average molecular weight is 139 g/mol. The number of nitrogen functional groups attached to an aromatic ring is 2. The summed E-state index contributed by atoms with van der Waals surface area (Å²) in [6.45, 7) is 0. The lowest BCUT2D eigenvalue weighted by molar-refractivity contribution is 0.478. The highest BCUT2D eigenvalue weighted by Gasteiger charge is 1.95. The average Bonchev–Trinajstić information content (AvgIpc) is 1.95. The number of hydrogen-bond acceptors (Lipinski definition) is 4. The second-order valence-corrected chi connectivity index (χ2v) is 1.92. The van der Waals surface area contributed by atoms with Crippen LogP contribution in [0.5, 0.6) is 5.75 Å². The Labute approximate surface area is 58.4 Å². The second-order valence-electron chi connectivity index (χ2n) is 1.92. The number of rotatable bonds is 1. The number of nitrogens with two attached hydrogens (primary N) is 2. The van der Waals surface area contributed by atoms with E-state index in [0.717, 1.165) is 0 Å². The predicted octanol–water partition coefficient (Wildman–Crippen LogP) is 0.260. The van der Waals surface area contributed by atoms with Crippen molar-refractivity contribution in [3.63, 3.8) is 0 Å². The van der Waals surface area contributed by atoms with Crippen LogP contribution in [0, 0.1) is 0 Å². The molecule has 1 aromatic carbocycles. The Kier molecular flexibility index (Phi) is 1.64. The van der Waals surface area contributed by atoms with Crippen molar-refractivity contribution >= 4 is 11.4 Å². The first kappa shape index (κ1) is 6.70. The largest absolute Gasteiger partial charge is 0.506 e. The van der Waals surface area contributed by atoms with Gasteiger partial charge in [-0.2, -0.15) is 0 Å². The van der Waals surface area contributed by atoms with Gasteiger partial charge in [0.25, 0.3) is 0 Å². The van der Waals surface area contributed by atoms with Gasteiger partial charge >= 0.3 is 0 Å². The number of nitrogens with one attached hydrogen (secondary N) is 1. The minimum atomic E-state index is 0.0375. The highest BCUT2D eigenvalue weighted by atomic mass is 16.3. The van der Waals surface area contributed by atoms with Crippen LogP contribution in [0.2, 0.25) is 0 Å². The summed E-state index contributed by atoms with van der Waals surface area (Å²) in [4.78, 5) is 0. The zero-order valence-electron chi connectivity index (χ0n) is 5.33. The second kappa shape index (κ2) is 2.45. The third kappa shape index (κ3) is 1.11. The van der Waals surface area contributed by atoms with E-state index in [-0.39, 0.29) is 5.75 Å². The van der Waals surface area contributed by atoms with Gasteiger partial charge in [0, 0.05) is 6.07 Å². The SMILES string of the molecule is NNc1ccc(N)c(O)c1. The number of hydrogen-bond donors (Lipinski definition) is 4.